The van der Waals surface area contributed by atoms with Gasteiger partial charge in [-0.05, 0) is 49.9 Å². The zero-order valence-corrected chi connectivity index (χ0v) is 22.6. The number of hydrogen-bond acceptors (Lipinski definition) is 8. The summed E-state index contributed by atoms with van der Waals surface area (Å²) < 4.78 is 19.4. The second kappa shape index (κ2) is 12.7. The number of fused-ring (bicyclic) bond motifs is 1. The van der Waals surface area contributed by atoms with E-state index in [1.165, 1.54) is 0 Å². The molecule has 8 nitrogen and oxygen atoms in total. The van der Waals surface area contributed by atoms with Crippen LogP contribution in [0.4, 0.5) is 5.95 Å². The number of hydrogen-bond donors (Lipinski definition) is 1. The summed E-state index contributed by atoms with van der Waals surface area (Å²) in [6.45, 7) is 9.14. The Morgan fingerprint density at radius 1 is 1.05 bits per heavy atom. The lowest BCUT2D eigenvalue weighted by atomic mass is 9.95. The summed E-state index contributed by atoms with van der Waals surface area (Å²) >= 11 is 1.59. The summed E-state index contributed by atoms with van der Waals surface area (Å²) in [6.07, 6.45) is 1.75. The third-order valence-corrected chi connectivity index (χ3v) is 6.79. The fraction of sp³-hybridized carbons (Fsp3) is 0.393. The van der Waals surface area contributed by atoms with E-state index in [9.17, 15) is 4.79 Å². The van der Waals surface area contributed by atoms with Crippen molar-refractivity contribution in [3.05, 3.63) is 70.9 Å². The van der Waals surface area contributed by atoms with Gasteiger partial charge in [-0.15, -0.1) is 5.10 Å². The molecule has 0 aliphatic carbocycles. The highest BCUT2D eigenvalue weighted by Crippen LogP contribution is 2.40. The standard InChI is InChI=1S/C28H34N4O4S/c1-5-15-35-26(33)24-19(4)29-27-30-28(37-16-6-2)31-32(27)25(24)21-13-14-22(23(17-21)34-7-3)36-18-20-11-9-8-10-12-20/h8-14,17,25H,5-7,15-16,18H2,1-4H3,(H,29,30,31). The highest BCUT2D eigenvalue weighted by Gasteiger charge is 2.35. The number of aromatic nitrogens is 3. The highest BCUT2D eigenvalue weighted by atomic mass is 32.2. The van der Waals surface area contributed by atoms with Crippen molar-refractivity contribution in [1.82, 2.24) is 14.8 Å². The van der Waals surface area contributed by atoms with E-state index < -0.39 is 6.04 Å². The van der Waals surface area contributed by atoms with E-state index in [1.807, 2.05) is 69.3 Å². The number of anilines is 1. The fourth-order valence-corrected chi connectivity index (χ4v) is 4.73. The van der Waals surface area contributed by atoms with Crippen molar-refractivity contribution >= 4 is 23.7 Å². The monoisotopic (exact) mass is 522 g/mol. The van der Waals surface area contributed by atoms with Crippen molar-refractivity contribution in [1.29, 1.82) is 0 Å². The van der Waals surface area contributed by atoms with Gasteiger partial charge >= 0.3 is 5.97 Å². The number of nitrogens with one attached hydrogen (secondary N) is 1. The molecule has 1 aliphatic rings. The van der Waals surface area contributed by atoms with Crippen molar-refractivity contribution < 1.29 is 19.0 Å². The maximum absolute atomic E-state index is 13.2. The van der Waals surface area contributed by atoms with E-state index in [4.69, 9.17) is 19.3 Å². The van der Waals surface area contributed by atoms with Gasteiger partial charge in [0, 0.05) is 11.4 Å². The number of ether oxygens (including phenoxy) is 3. The van der Waals surface area contributed by atoms with Crippen LogP contribution in [0.3, 0.4) is 0 Å². The molecule has 2 heterocycles. The molecule has 0 radical (unpaired) electrons. The maximum atomic E-state index is 13.2. The average Bonchev–Trinajstić information content (AvgIpc) is 3.32. The van der Waals surface area contributed by atoms with Crippen molar-refractivity contribution in [2.24, 2.45) is 0 Å². The quantitative estimate of drug-likeness (QED) is 0.229. The van der Waals surface area contributed by atoms with E-state index in [0.29, 0.717) is 53.7 Å². The first kappa shape index (κ1) is 26.6. The lowest BCUT2D eigenvalue weighted by molar-refractivity contribution is -0.139. The molecule has 0 fully saturated rings. The number of carbonyl (C=O) groups is 1. The van der Waals surface area contributed by atoms with Gasteiger partial charge in [-0.1, -0.05) is 62.0 Å². The van der Waals surface area contributed by atoms with Gasteiger partial charge in [0.15, 0.2) is 11.5 Å². The van der Waals surface area contributed by atoms with Crippen LogP contribution in [0.5, 0.6) is 11.5 Å². The van der Waals surface area contributed by atoms with Crippen LogP contribution < -0.4 is 14.8 Å². The average molecular weight is 523 g/mol. The predicted molar refractivity (Wildman–Crippen MR) is 145 cm³/mol. The molecule has 1 N–H and O–H groups in total. The Morgan fingerprint density at radius 2 is 1.86 bits per heavy atom. The number of carbonyl (C=O) groups excluding carboxylic acids is 1. The van der Waals surface area contributed by atoms with E-state index in [1.54, 1.807) is 16.4 Å². The van der Waals surface area contributed by atoms with Crippen LogP contribution in [0, 0.1) is 0 Å². The highest BCUT2D eigenvalue weighted by molar-refractivity contribution is 7.99. The van der Waals surface area contributed by atoms with Crippen molar-refractivity contribution in [3.63, 3.8) is 0 Å². The minimum absolute atomic E-state index is 0.348. The van der Waals surface area contributed by atoms with Gasteiger partial charge < -0.3 is 19.5 Å². The third-order valence-electron chi connectivity index (χ3n) is 5.75. The van der Waals surface area contributed by atoms with Gasteiger partial charge in [-0.25, -0.2) is 9.48 Å². The first-order valence-corrected chi connectivity index (χ1v) is 13.7. The topological polar surface area (TPSA) is 87.5 Å². The van der Waals surface area contributed by atoms with E-state index >= 15 is 0 Å². The number of allylic oxidation sites excluding steroid dienone is 1. The van der Waals surface area contributed by atoms with Gasteiger partial charge in [-0.2, -0.15) is 4.98 Å². The second-order valence-corrected chi connectivity index (χ2v) is 9.69. The van der Waals surface area contributed by atoms with Crippen LogP contribution in [0.2, 0.25) is 0 Å². The Morgan fingerprint density at radius 3 is 2.59 bits per heavy atom. The molecule has 3 aromatic rings. The van der Waals surface area contributed by atoms with Crippen molar-refractivity contribution in [2.75, 3.05) is 24.3 Å². The summed E-state index contributed by atoms with van der Waals surface area (Å²) in [5.41, 5.74) is 3.09. The lowest BCUT2D eigenvalue weighted by Gasteiger charge is -2.28. The molecular formula is C28H34N4O4S. The Kier molecular flexibility index (Phi) is 9.11. The molecule has 1 aromatic heterocycles. The molecule has 4 rings (SSSR count). The zero-order valence-electron chi connectivity index (χ0n) is 21.8. The van der Waals surface area contributed by atoms with Crippen LogP contribution in [-0.2, 0) is 16.1 Å². The summed E-state index contributed by atoms with van der Waals surface area (Å²) in [5, 5.41) is 8.68. The number of nitrogens with zero attached hydrogens (tertiary/aromatic N) is 3. The Hall–Kier alpha value is -3.46. The van der Waals surface area contributed by atoms with Crippen LogP contribution in [0.25, 0.3) is 0 Å². The van der Waals surface area contributed by atoms with Crippen LogP contribution in [0.15, 0.2) is 65.0 Å². The Balaban J connectivity index is 1.72. The van der Waals surface area contributed by atoms with Crippen molar-refractivity contribution in [3.8, 4) is 11.5 Å². The van der Waals surface area contributed by atoms with E-state index in [2.05, 4.69) is 17.2 Å². The van der Waals surface area contributed by atoms with Gasteiger partial charge in [0.2, 0.25) is 11.1 Å². The molecule has 37 heavy (non-hydrogen) atoms. The summed E-state index contributed by atoms with van der Waals surface area (Å²) in [7, 11) is 0. The molecule has 0 saturated carbocycles. The molecule has 9 heteroatoms. The molecule has 0 amide bonds. The number of thioether (sulfide) groups is 1. The molecule has 1 atom stereocenters. The molecule has 1 aliphatic heterocycles. The molecule has 0 saturated heterocycles. The molecule has 196 valence electrons. The fourth-order valence-electron chi connectivity index (χ4n) is 4.05. The first-order valence-electron chi connectivity index (χ1n) is 12.7. The number of benzene rings is 2. The normalized spacial score (nSPS) is 14.6. The lowest BCUT2D eigenvalue weighted by Crippen LogP contribution is -2.29. The van der Waals surface area contributed by atoms with Gasteiger partial charge in [0.05, 0.1) is 18.8 Å². The van der Waals surface area contributed by atoms with Gasteiger partial charge in [-0.3, -0.25) is 0 Å². The minimum atomic E-state index is -0.522. The third kappa shape index (κ3) is 6.28. The maximum Gasteiger partial charge on any atom is 0.338 e. The molecule has 2 aromatic carbocycles. The number of rotatable bonds is 12. The SMILES string of the molecule is CCCOC(=O)C1=C(C)Nc2nc(SCCC)nn2C1c1ccc(OCc2ccccc2)c(OCC)c1. The predicted octanol–water partition coefficient (Wildman–Crippen LogP) is 6.00. The van der Waals surface area contributed by atoms with Crippen molar-refractivity contribution in [2.45, 2.75) is 58.3 Å². The smallest absolute Gasteiger partial charge is 0.338 e. The van der Waals surface area contributed by atoms with Crippen LogP contribution in [0.1, 0.15) is 57.7 Å². The molecular weight excluding hydrogens is 488 g/mol. The van der Waals surface area contributed by atoms with E-state index in [-0.39, 0.29) is 5.97 Å². The molecule has 0 spiro atoms. The second-order valence-electron chi connectivity index (χ2n) is 8.63. The largest absolute Gasteiger partial charge is 0.490 e. The summed E-state index contributed by atoms with van der Waals surface area (Å²) in [6, 6.07) is 15.2. The Bertz CT molecular complexity index is 1240. The molecule has 1 unspecified atom stereocenters. The zero-order chi connectivity index (χ0) is 26.2. The Labute approximate surface area is 222 Å². The first-order chi connectivity index (χ1) is 18.0. The van der Waals surface area contributed by atoms with E-state index in [0.717, 1.165) is 29.7 Å². The van der Waals surface area contributed by atoms with Gasteiger partial charge in [0.1, 0.15) is 12.6 Å². The minimum Gasteiger partial charge on any atom is -0.490 e. The van der Waals surface area contributed by atoms with Crippen LogP contribution in [-0.4, -0.2) is 39.7 Å². The summed E-state index contributed by atoms with van der Waals surface area (Å²) in [5.74, 6) is 2.37. The molecule has 0 bridgehead atoms. The number of esters is 1. The van der Waals surface area contributed by atoms with Gasteiger partial charge in [0.25, 0.3) is 0 Å². The van der Waals surface area contributed by atoms with Crippen LogP contribution >= 0.6 is 11.8 Å². The summed E-state index contributed by atoms with van der Waals surface area (Å²) in [4.78, 5) is 17.9.